The van der Waals surface area contributed by atoms with Crippen LogP contribution in [0.1, 0.15) is 36.5 Å². The summed E-state index contributed by atoms with van der Waals surface area (Å²) in [5.74, 6) is -2.36. The lowest BCUT2D eigenvalue weighted by molar-refractivity contribution is -0.314. The number of hydrogen-bond donors (Lipinski definition) is 1. The van der Waals surface area contributed by atoms with Crippen molar-refractivity contribution in [1.82, 2.24) is 0 Å². The zero-order chi connectivity index (χ0) is 15.9. The third-order valence-electron chi connectivity index (χ3n) is 5.05. The molecule has 0 heterocycles. The molecule has 0 unspecified atom stereocenters. The van der Waals surface area contributed by atoms with Crippen molar-refractivity contribution in [2.24, 2.45) is 23.7 Å². The summed E-state index contributed by atoms with van der Waals surface area (Å²) >= 11 is 0. The van der Waals surface area contributed by atoms with Crippen LogP contribution in [0.4, 0.5) is 5.69 Å². The lowest BCUT2D eigenvalue weighted by atomic mass is 9.78. The van der Waals surface area contributed by atoms with Crippen LogP contribution in [0.5, 0.6) is 0 Å². The molecule has 2 aliphatic carbocycles. The fourth-order valence-electron chi connectivity index (χ4n) is 4.02. The number of hydrogen-bond acceptors (Lipinski definition) is 4. The summed E-state index contributed by atoms with van der Waals surface area (Å²) in [4.78, 5) is 35.1. The number of benzene rings is 1. The van der Waals surface area contributed by atoms with Gasteiger partial charge in [-0.25, -0.2) is 0 Å². The topological polar surface area (TPSA) is 86.3 Å². The average molecular weight is 300 g/mol. The van der Waals surface area contributed by atoms with Gasteiger partial charge in [0.1, 0.15) is 0 Å². The molecule has 4 atom stereocenters. The SMILES string of the molecule is CC(=O)c1ccc(NC(=O)[C@@H]2[C@@H]3CC[C@@H](C3)[C@@H]2C(=O)[O-])cc1. The van der Waals surface area contributed by atoms with Crippen molar-refractivity contribution < 1.29 is 19.5 Å². The Hall–Kier alpha value is -2.17. The van der Waals surface area contributed by atoms with Crippen molar-refractivity contribution in [3.05, 3.63) is 29.8 Å². The Balaban J connectivity index is 1.73. The molecule has 5 nitrogen and oxygen atoms in total. The van der Waals surface area contributed by atoms with E-state index in [2.05, 4.69) is 5.32 Å². The number of amides is 1. The van der Waals surface area contributed by atoms with Gasteiger partial charge in [-0.1, -0.05) is 0 Å². The highest BCUT2D eigenvalue weighted by molar-refractivity contribution is 5.97. The lowest BCUT2D eigenvalue weighted by Gasteiger charge is -2.30. The third-order valence-corrected chi connectivity index (χ3v) is 5.05. The Labute approximate surface area is 128 Å². The van der Waals surface area contributed by atoms with Crippen LogP contribution in [0.3, 0.4) is 0 Å². The number of anilines is 1. The number of Topliss-reactive ketones (excluding diaryl/α,β-unsaturated/α-hetero) is 1. The van der Waals surface area contributed by atoms with Crippen LogP contribution in [-0.2, 0) is 9.59 Å². The minimum atomic E-state index is -1.11. The fraction of sp³-hybridized carbons (Fsp3) is 0.471. The standard InChI is InChI=1S/C17H19NO4/c1-9(19)10-4-6-13(7-5-10)18-16(20)14-11-2-3-12(8-11)15(14)17(21)22/h4-7,11-12,14-15H,2-3,8H2,1H3,(H,18,20)(H,21,22)/p-1/t11-,12+,14-,15+/m1/s1. The van der Waals surface area contributed by atoms with Crippen LogP contribution in [0.15, 0.2) is 24.3 Å². The first-order chi connectivity index (χ1) is 10.5. The summed E-state index contributed by atoms with van der Waals surface area (Å²) in [6.45, 7) is 1.48. The van der Waals surface area contributed by atoms with E-state index in [4.69, 9.17) is 0 Å². The monoisotopic (exact) mass is 300 g/mol. The van der Waals surface area contributed by atoms with Gasteiger partial charge < -0.3 is 15.2 Å². The molecule has 2 fully saturated rings. The van der Waals surface area contributed by atoms with Gasteiger partial charge in [0.05, 0.1) is 0 Å². The molecule has 3 rings (SSSR count). The number of aliphatic carboxylic acids is 1. The van der Waals surface area contributed by atoms with Gasteiger partial charge in [-0.2, -0.15) is 0 Å². The molecule has 0 saturated heterocycles. The molecular weight excluding hydrogens is 282 g/mol. The highest BCUT2D eigenvalue weighted by Crippen LogP contribution is 2.52. The molecule has 0 aliphatic heterocycles. The van der Waals surface area contributed by atoms with E-state index in [0.717, 1.165) is 19.3 Å². The van der Waals surface area contributed by atoms with Crippen LogP contribution in [0, 0.1) is 23.7 Å². The van der Waals surface area contributed by atoms with Crippen LogP contribution >= 0.6 is 0 Å². The van der Waals surface area contributed by atoms with Gasteiger partial charge >= 0.3 is 0 Å². The Bertz CT molecular complexity index is 622. The van der Waals surface area contributed by atoms with Crippen LogP contribution < -0.4 is 10.4 Å². The van der Waals surface area contributed by atoms with Crippen LogP contribution in [-0.4, -0.2) is 17.7 Å². The quantitative estimate of drug-likeness (QED) is 0.848. The maximum absolute atomic E-state index is 12.5. The third kappa shape index (κ3) is 2.51. The molecule has 5 heteroatoms. The van der Waals surface area contributed by atoms with E-state index in [1.54, 1.807) is 24.3 Å². The van der Waals surface area contributed by atoms with Crippen molar-refractivity contribution in [1.29, 1.82) is 0 Å². The molecule has 2 bridgehead atoms. The Morgan fingerprint density at radius 3 is 2.18 bits per heavy atom. The van der Waals surface area contributed by atoms with E-state index in [1.165, 1.54) is 6.92 Å². The Morgan fingerprint density at radius 2 is 1.64 bits per heavy atom. The predicted octanol–water partition coefficient (Wildman–Crippen LogP) is 1.24. The molecule has 1 N–H and O–H groups in total. The molecule has 0 aromatic heterocycles. The molecule has 1 aromatic carbocycles. The van der Waals surface area contributed by atoms with Crippen molar-refractivity contribution in [3.8, 4) is 0 Å². The summed E-state index contributed by atoms with van der Waals surface area (Å²) in [6.07, 6.45) is 2.59. The molecule has 2 saturated carbocycles. The fourth-order valence-corrected chi connectivity index (χ4v) is 4.02. The van der Waals surface area contributed by atoms with E-state index >= 15 is 0 Å². The smallest absolute Gasteiger partial charge is 0.228 e. The first kappa shape index (κ1) is 14.8. The van der Waals surface area contributed by atoms with Gasteiger partial charge in [-0.3, -0.25) is 9.59 Å². The summed E-state index contributed by atoms with van der Waals surface area (Å²) < 4.78 is 0. The Morgan fingerprint density at radius 1 is 1.05 bits per heavy atom. The summed E-state index contributed by atoms with van der Waals surface area (Å²) in [5, 5.41) is 14.1. The molecule has 1 aromatic rings. The minimum absolute atomic E-state index is 0.0389. The average Bonchev–Trinajstić information content (AvgIpc) is 3.08. The number of carbonyl (C=O) groups excluding carboxylic acids is 3. The molecule has 0 radical (unpaired) electrons. The minimum Gasteiger partial charge on any atom is -0.550 e. The van der Waals surface area contributed by atoms with Crippen molar-refractivity contribution in [2.45, 2.75) is 26.2 Å². The predicted molar refractivity (Wildman–Crippen MR) is 77.9 cm³/mol. The molecular formula is C17H18NO4-. The van der Waals surface area contributed by atoms with Crippen LogP contribution in [0.2, 0.25) is 0 Å². The lowest BCUT2D eigenvalue weighted by Crippen LogP contribution is -2.43. The number of carboxylic acid groups (broad SMARTS) is 1. The van der Waals surface area contributed by atoms with Crippen molar-refractivity contribution in [2.75, 3.05) is 5.32 Å². The second kappa shape index (κ2) is 5.55. The highest BCUT2D eigenvalue weighted by atomic mass is 16.4. The Kier molecular flexibility index (Phi) is 3.72. The summed E-state index contributed by atoms with van der Waals surface area (Å²) in [5.41, 5.74) is 1.15. The molecule has 0 spiro atoms. The van der Waals surface area contributed by atoms with E-state index in [9.17, 15) is 19.5 Å². The van der Waals surface area contributed by atoms with Gasteiger partial charge in [-0.05, 0) is 62.3 Å². The van der Waals surface area contributed by atoms with Gasteiger partial charge in [0.2, 0.25) is 5.91 Å². The molecule has 22 heavy (non-hydrogen) atoms. The van der Waals surface area contributed by atoms with E-state index < -0.39 is 17.8 Å². The normalized spacial score (nSPS) is 29.3. The maximum Gasteiger partial charge on any atom is 0.228 e. The first-order valence-electron chi connectivity index (χ1n) is 7.60. The molecule has 2 aliphatic rings. The van der Waals surface area contributed by atoms with E-state index in [-0.39, 0.29) is 23.5 Å². The maximum atomic E-state index is 12.5. The first-order valence-corrected chi connectivity index (χ1v) is 7.60. The second-order valence-corrected chi connectivity index (χ2v) is 6.33. The molecule has 1 amide bonds. The number of carbonyl (C=O) groups is 3. The summed E-state index contributed by atoms with van der Waals surface area (Å²) in [7, 11) is 0. The van der Waals surface area contributed by atoms with Gasteiger partial charge in [0.25, 0.3) is 0 Å². The van der Waals surface area contributed by atoms with Gasteiger partial charge in [0, 0.05) is 29.1 Å². The zero-order valence-electron chi connectivity index (χ0n) is 12.4. The second-order valence-electron chi connectivity index (χ2n) is 6.33. The number of fused-ring (bicyclic) bond motifs is 2. The van der Waals surface area contributed by atoms with Crippen molar-refractivity contribution in [3.63, 3.8) is 0 Å². The highest BCUT2D eigenvalue weighted by Gasteiger charge is 2.51. The number of carboxylic acids is 1. The largest absolute Gasteiger partial charge is 0.550 e. The van der Waals surface area contributed by atoms with E-state index in [1.807, 2.05) is 0 Å². The van der Waals surface area contributed by atoms with Crippen LogP contribution in [0.25, 0.3) is 0 Å². The van der Waals surface area contributed by atoms with E-state index in [0.29, 0.717) is 11.3 Å². The number of ketones is 1. The van der Waals surface area contributed by atoms with Gasteiger partial charge in [0.15, 0.2) is 5.78 Å². The molecule has 116 valence electrons. The number of rotatable bonds is 4. The van der Waals surface area contributed by atoms with Crippen molar-refractivity contribution >= 4 is 23.3 Å². The number of nitrogens with one attached hydrogen (secondary N) is 1. The van der Waals surface area contributed by atoms with Gasteiger partial charge in [-0.15, -0.1) is 0 Å². The zero-order valence-corrected chi connectivity index (χ0v) is 12.4. The summed E-state index contributed by atoms with van der Waals surface area (Å²) in [6, 6.07) is 6.62.